The summed E-state index contributed by atoms with van der Waals surface area (Å²) < 4.78 is 50.4. The molecule has 1 rings (SSSR count). The highest BCUT2D eigenvalue weighted by atomic mass is 19.4. The van der Waals surface area contributed by atoms with Gasteiger partial charge in [-0.1, -0.05) is 12.1 Å². The Hall–Kier alpha value is -1.83. The van der Waals surface area contributed by atoms with Gasteiger partial charge < -0.3 is 15.3 Å². The van der Waals surface area contributed by atoms with E-state index in [1.807, 2.05) is 0 Å². The maximum atomic E-state index is 13.6. The molecule has 2 atom stereocenters. The van der Waals surface area contributed by atoms with Crippen molar-refractivity contribution in [3.05, 3.63) is 34.6 Å². The predicted octanol–water partition coefficient (Wildman–Crippen LogP) is 3.07. The second-order valence-electron chi connectivity index (χ2n) is 5.58. The van der Waals surface area contributed by atoms with Gasteiger partial charge in [0.15, 0.2) is 6.10 Å². The number of carbonyl (C=O) groups excluding carboxylic acids is 1. The molecule has 0 aliphatic carbocycles. The summed E-state index contributed by atoms with van der Waals surface area (Å²) >= 11 is 0. The van der Waals surface area contributed by atoms with Crippen LogP contribution < -0.4 is 5.32 Å². The van der Waals surface area contributed by atoms with Crippen molar-refractivity contribution in [3.8, 4) is 0 Å². The van der Waals surface area contributed by atoms with Crippen LogP contribution in [0, 0.1) is 19.7 Å². The van der Waals surface area contributed by atoms with Crippen molar-refractivity contribution in [3.63, 3.8) is 0 Å². The number of urea groups is 1. The normalized spacial score (nSPS) is 14.3. The molecule has 0 saturated heterocycles. The molecule has 8 heteroatoms. The van der Waals surface area contributed by atoms with Crippen molar-refractivity contribution in [1.29, 1.82) is 0 Å². The number of aliphatic hydroxyl groups excluding tert-OH is 1. The number of hydrogen-bond acceptors (Lipinski definition) is 2. The van der Waals surface area contributed by atoms with Gasteiger partial charge in [0.25, 0.3) is 0 Å². The molecule has 0 aromatic heterocycles. The monoisotopic (exact) mass is 336 g/mol. The summed E-state index contributed by atoms with van der Waals surface area (Å²) in [5.74, 6) is -0.335. The summed E-state index contributed by atoms with van der Waals surface area (Å²) in [5, 5.41) is 11.5. The number of alkyl halides is 3. The van der Waals surface area contributed by atoms with Gasteiger partial charge in [-0.25, -0.2) is 9.18 Å². The molecular weight excluding hydrogens is 316 g/mol. The van der Waals surface area contributed by atoms with Gasteiger partial charge in [0.1, 0.15) is 5.82 Å². The number of nitrogens with zero attached hydrogens (tertiary/aromatic N) is 1. The van der Waals surface area contributed by atoms with Crippen LogP contribution in [-0.4, -0.2) is 41.9 Å². The Morgan fingerprint density at radius 3 is 2.22 bits per heavy atom. The van der Waals surface area contributed by atoms with Crippen molar-refractivity contribution >= 4 is 6.03 Å². The SMILES string of the molecule is Cc1cc([C@@H](C)NC(=O)N(C)C[C@H](O)C(F)(F)F)cc(C)c1F. The van der Waals surface area contributed by atoms with E-state index in [2.05, 4.69) is 5.32 Å². The Kier molecular flexibility index (Phi) is 5.98. The highest BCUT2D eigenvalue weighted by Gasteiger charge is 2.39. The van der Waals surface area contributed by atoms with E-state index in [9.17, 15) is 22.4 Å². The van der Waals surface area contributed by atoms with Crippen molar-refractivity contribution in [1.82, 2.24) is 10.2 Å². The van der Waals surface area contributed by atoms with Crippen molar-refractivity contribution in [2.45, 2.75) is 39.1 Å². The molecule has 4 nitrogen and oxygen atoms in total. The van der Waals surface area contributed by atoms with Gasteiger partial charge in [-0.05, 0) is 37.5 Å². The molecule has 1 aromatic rings. The van der Waals surface area contributed by atoms with Crippen LogP contribution in [-0.2, 0) is 0 Å². The Morgan fingerprint density at radius 1 is 1.30 bits per heavy atom. The summed E-state index contributed by atoms with van der Waals surface area (Å²) in [7, 11) is 1.15. The van der Waals surface area contributed by atoms with E-state index in [4.69, 9.17) is 5.11 Å². The van der Waals surface area contributed by atoms with Crippen molar-refractivity contribution in [2.75, 3.05) is 13.6 Å². The second kappa shape index (κ2) is 7.16. The lowest BCUT2D eigenvalue weighted by Crippen LogP contribution is -2.46. The summed E-state index contributed by atoms with van der Waals surface area (Å²) in [4.78, 5) is 12.6. The Balaban J connectivity index is 2.73. The third-order valence-corrected chi connectivity index (χ3v) is 3.47. The highest BCUT2D eigenvalue weighted by molar-refractivity contribution is 5.74. The van der Waals surface area contributed by atoms with E-state index in [-0.39, 0.29) is 5.82 Å². The molecule has 1 aromatic carbocycles. The zero-order chi connectivity index (χ0) is 17.9. The number of aryl methyl sites for hydroxylation is 2. The van der Waals surface area contributed by atoms with Crippen LogP contribution in [0.15, 0.2) is 12.1 Å². The Bertz CT molecular complexity index is 552. The topological polar surface area (TPSA) is 52.6 Å². The Labute approximate surface area is 132 Å². The lowest BCUT2D eigenvalue weighted by molar-refractivity contribution is -0.205. The first-order valence-electron chi connectivity index (χ1n) is 6.96. The molecule has 0 spiro atoms. The number of likely N-dealkylation sites (N-methyl/N-ethyl adjacent to an activating group) is 1. The lowest BCUT2D eigenvalue weighted by atomic mass is 10.0. The lowest BCUT2D eigenvalue weighted by Gasteiger charge is -2.25. The summed E-state index contributed by atoms with van der Waals surface area (Å²) in [5.41, 5.74) is 1.48. The van der Waals surface area contributed by atoms with E-state index >= 15 is 0 Å². The van der Waals surface area contributed by atoms with Crippen molar-refractivity contribution in [2.24, 2.45) is 0 Å². The first-order chi connectivity index (χ1) is 10.4. The van der Waals surface area contributed by atoms with Crippen LogP contribution in [0.4, 0.5) is 22.4 Å². The summed E-state index contributed by atoms with van der Waals surface area (Å²) in [6.07, 6.45) is -7.39. The first kappa shape index (κ1) is 19.2. The van der Waals surface area contributed by atoms with E-state index in [0.717, 1.165) is 11.9 Å². The van der Waals surface area contributed by atoms with Crippen LogP contribution >= 0.6 is 0 Å². The van der Waals surface area contributed by atoms with Crippen LogP contribution in [0.25, 0.3) is 0 Å². The molecule has 0 radical (unpaired) electrons. The van der Waals surface area contributed by atoms with E-state index in [0.29, 0.717) is 16.7 Å². The van der Waals surface area contributed by atoms with Gasteiger partial charge in [-0.15, -0.1) is 0 Å². The van der Waals surface area contributed by atoms with E-state index < -0.39 is 30.9 Å². The predicted molar refractivity (Wildman–Crippen MR) is 77.5 cm³/mol. The zero-order valence-electron chi connectivity index (χ0n) is 13.3. The molecule has 2 amide bonds. The molecule has 0 saturated carbocycles. The molecule has 0 fully saturated rings. The van der Waals surface area contributed by atoms with Gasteiger partial charge in [0.05, 0.1) is 12.6 Å². The van der Waals surface area contributed by atoms with E-state index in [1.165, 1.54) is 0 Å². The number of halogens is 4. The van der Waals surface area contributed by atoms with Crippen LogP contribution in [0.2, 0.25) is 0 Å². The Morgan fingerprint density at radius 2 is 1.78 bits per heavy atom. The highest BCUT2D eigenvalue weighted by Crippen LogP contribution is 2.22. The van der Waals surface area contributed by atoms with Gasteiger partial charge >= 0.3 is 12.2 Å². The zero-order valence-corrected chi connectivity index (χ0v) is 13.3. The number of rotatable bonds is 4. The number of aliphatic hydroxyl groups is 1. The second-order valence-corrected chi connectivity index (χ2v) is 5.58. The van der Waals surface area contributed by atoms with Gasteiger partial charge in [0.2, 0.25) is 0 Å². The van der Waals surface area contributed by atoms with E-state index in [1.54, 1.807) is 32.9 Å². The number of nitrogens with one attached hydrogen (secondary N) is 1. The average Bonchev–Trinajstić information content (AvgIpc) is 2.42. The minimum absolute atomic E-state index is 0.335. The molecular formula is C15H20F4N2O2. The fourth-order valence-corrected chi connectivity index (χ4v) is 2.05. The van der Waals surface area contributed by atoms with Crippen LogP contribution in [0.5, 0.6) is 0 Å². The molecule has 0 heterocycles. The summed E-state index contributed by atoms with van der Waals surface area (Å²) in [6.45, 7) is 3.94. The smallest absolute Gasteiger partial charge is 0.382 e. The minimum Gasteiger partial charge on any atom is -0.382 e. The van der Waals surface area contributed by atoms with Crippen LogP contribution in [0.1, 0.15) is 29.7 Å². The van der Waals surface area contributed by atoms with Crippen molar-refractivity contribution < 1.29 is 27.5 Å². The van der Waals surface area contributed by atoms with Gasteiger partial charge in [0, 0.05) is 7.05 Å². The minimum atomic E-state index is -4.79. The maximum Gasteiger partial charge on any atom is 0.416 e. The molecule has 0 aliphatic rings. The fraction of sp³-hybridized carbons (Fsp3) is 0.533. The van der Waals surface area contributed by atoms with Crippen LogP contribution in [0.3, 0.4) is 0 Å². The number of amides is 2. The standard InChI is InChI=1S/C15H20F4N2O2/c1-8-5-11(6-9(2)13(8)16)10(3)20-14(23)21(4)7-12(22)15(17,18)19/h5-6,10,12,22H,7H2,1-4H3,(H,20,23)/t10-,12+/m1/s1. The molecule has 0 unspecified atom stereocenters. The average molecular weight is 336 g/mol. The molecule has 130 valence electrons. The summed E-state index contributed by atoms with van der Waals surface area (Å²) in [6, 6.07) is 1.85. The van der Waals surface area contributed by atoms with Gasteiger partial charge in [-0.3, -0.25) is 0 Å². The largest absolute Gasteiger partial charge is 0.416 e. The number of carbonyl (C=O) groups is 1. The maximum absolute atomic E-state index is 13.6. The fourth-order valence-electron chi connectivity index (χ4n) is 2.05. The number of hydrogen-bond donors (Lipinski definition) is 2. The van der Waals surface area contributed by atoms with Gasteiger partial charge in [-0.2, -0.15) is 13.2 Å². The first-order valence-corrected chi connectivity index (χ1v) is 6.96. The molecule has 2 N–H and O–H groups in total. The molecule has 0 aliphatic heterocycles. The molecule has 0 bridgehead atoms. The quantitative estimate of drug-likeness (QED) is 0.831. The third-order valence-electron chi connectivity index (χ3n) is 3.47. The number of benzene rings is 1. The third kappa shape index (κ3) is 5.09. The molecule has 23 heavy (non-hydrogen) atoms.